The van der Waals surface area contributed by atoms with Gasteiger partial charge in [0.15, 0.2) is 0 Å². The van der Waals surface area contributed by atoms with Gasteiger partial charge in [0.2, 0.25) is 5.96 Å². The highest BCUT2D eigenvalue weighted by Gasteiger charge is 1.87. The lowest BCUT2D eigenvalue weighted by Gasteiger charge is -1.93. The molecule has 1 aromatic carbocycles. The smallest absolute Gasteiger partial charge is 0.211 e. The lowest BCUT2D eigenvalue weighted by atomic mass is 10.2. The highest BCUT2D eigenvalue weighted by molar-refractivity contribution is 5.82. The molecule has 0 heterocycles. The van der Waals surface area contributed by atoms with Crippen LogP contribution in [0.3, 0.4) is 0 Å². The monoisotopic (exact) mass is 177 g/mol. The Bertz CT molecular complexity index is 338. The maximum absolute atomic E-state index is 5.54. The number of nitrogens with two attached hydrogens (primary N) is 3. The summed E-state index contributed by atoms with van der Waals surface area (Å²) in [7, 11) is 0. The lowest BCUT2D eigenvalue weighted by molar-refractivity contribution is 1.21. The summed E-state index contributed by atoms with van der Waals surface area (Å²) in [6.45, 7) is 0. The first-order valence-electron chi connectivity index (χ1n) is 3.66. The van der Waals surface area contributed by atoms with Gasteiger partial charge in [0.1, 0.15) is 0 Å². The highest BCUT2D eigenvalue weighted by Crippen LogP contribution is 2.03. The van der Waals surface area contributed by atoms with Gasteiger partial charge in [-0.05, 0) is 17.7 Å². The van der Waals surface area contributed by atoms with Crippen molar-refractivity contribution in [3.63, 3.8) is 0 Å². The molecule has 1 rings (SSSR count). The molecule has 0 unspecified atom stereocenters. The van der Waals surface area contributed by atoms with Gasteiger partial charge in [-0.2, -0.15) is 5.10 Å². The fraction of sp³-hybridized carbons (Fsp3) is 0. The normalized spacial score (nSPS) is 10.2. The summed E-state index contributed by atoms with van der Waals surface area (Å²) >= 11 is 0. The van der Waals surface area contributed by atoms with Crippen molar-refractivity contribution < 1.29 is 0 Å². The first-order chi connectivity index (χ1) is 6.18. The van der Waals surface area contributed by atoms with Crippen LogP contribution in [0.15, 0.2) is 34.5 Å². The zero-order valence-electron chi connectivity index (χ0n) is 7.01. The SMILES string of the molecule is NC(N)=N/N=C/c1cccc(N)c1. The molecule has 5 heteroatoms. The van der Waals surface area contributed by atoms with Gasteiger partial charge in [-0.1, -0.05) is 12.1 Å². The molecule has 0 fully saturated rings. The minimum Gasteiger partial charge on any atom is -0.399 e. The van der Waals surface area contributed by atoms with E-state index in [4.69, 9.17) is 17.2 Å². The van der Waals surface area contributed by atoms with Crippen LogP contribution in [0.1, 0.15) is 5.56 Å². The van der Waals surface area contributed by atoms with Crippen molar-refractivity contribution in [3.05, 3.63) is 29.8 Å². The Kier molecular flexibility index (Phi) is 2.86. The molecule has 0 aliphatic heterocycles. The van der Waals surface area contributed by atoms with E-state index >= 15 is 0 Å². The number of hydrogen-bond donors (Lipinski definition) is 3. The van der Waals surface area contributed by atoms with Crippen LogP contribution in [0.2, 0.25) is 0 Å². The van der Waals surface area contributed by atoms with Gasteiger partial charge < -0.3 is 17.2 Å². The summed E-state index contributed by atoms with van der Waals surface area (Å²) < 4.78 is 0. The third-order valence-corrected chi connectivity index (χ3v) is 1.29. The predicted octanol–water partition coefficient (Wildman–Crippen LogP) is -0.124. The van der Waals surface area contributed by atoms with E-state index in [0.29, 0.717) is 5.69 Å². The molecule has 0 bridgehead atoms. The molecule has 1 aromatic rings. The molecule has 0 atom stereocenters. The second-order valence-electron chi connectivity index (χ2n) is 2.44. The number of hydrogen-bond acceptors (Lipinski definition) is 3. The molecular weight excluding hydrogens is 166 g/mol. The number of nitrogens with zero attached hydrogens (tertiary/aromatic N) is 2. The van der Waals surface area contributed by atoms with E-state index < -0.39 is 0 Å². The van der Waals surface area contributed by atoms with Gasteiger partial charge in [0.25, 0.3) is 0 Å². The maximum Gasteiger partial charge on any atom is 0.211 e. The largest absolute Gasteiger partial charge is 0.399 e. The van der Waals surface area contributed by atoms with Crippen LogP contribution in [0, 0.1) is 0 Å². The van der Waals surface area contributed by atoms with Crippen molar-refractivity contribution in [2.24, 2.45) is 21.7 Å². The van der Waals surface area contributed by atoms with Crippen LogP contribution in [-0.4, -0.2) is 12.2 Å². The molecule has 0 spiro atoms. The van der Waals surface area contributed by atoms with Crippen molar-refractivity contribution in [2.75, 3.05) is 5.73 Å². The zero-order chi connectivity index (χ0) is 9.68. The highest BCUT2D eigenvalue weighted by atomic mass is 15.3. The third kappa shape index (κ3) is 3.24. The van der Waals surface area contributed by atoms with Gasteiger partial charge >= 0.3 is 0 Å². The summed E-state index contributed by atoms with van der Waals surface area (Å²) in [6.07, 6.45) is 1.52. The standard InChI is InChI=1S/C8H11N5/c9-7-3-1-2-6(4-7)5-12-13-8(10)11/h1-5H,9H2,(H4,10,11,13)/b12-5+. The summed E-state index contributed by atoms with van der Waals surface area (Å²) in [5, 5.41) is 7.09. The van der Waals surface area contributed by atoms with E-state index in [1.807, 2.05) is 12.1 Å². The van der Waals surface area contributed by atoms with Crippen molar-refractivity contribution in [2.45, 2.75) is 0 Å². The van der Waals surface area contributed by atoms with Gasteiger partial charge in [-0.25, -0.2) is 0 Å². The van der Waals surface area contributed by atoms with Crippen LogP contribution in [0.5, 0.6) is 0 Å². The Balaban J connectivity index is 2.75. The second-order valence-corrected chi connectivity index (χ2v) is 2.44. The van der Waals surface area contributed by atoms with Gasteiger partial charge in [0, 0.05) is 5.69 Å². The third-order valence-electron chi connectivity index (χ3n) is 1.29. The van der Waals surface area contributed by atoms with Gasteiger partial charge in [0.05, 0.1) is 6.21 Å². The van der Waals surface area contributed by atoms with Crippen LogP contribution >= 0.6 is 0 Å². The molecule has 6 N–H and O–H groups in total. The van der Waals surface area contributed by atoms with Crippen LogP contribution in [-0.2, 0) is 0 Å². The topological polar surface area (TPSA) is 103 Å². The Labute approximate surface area is 75.9 Å². The zero-order valence-corrected chi connectivity index (χ0v) is 7.01. The van der Waals surface area contributed by atoms with Crippen LogP contribution in [0.25, 0.3) is 0 Å². The van der Waals surface area contributed by atoms with Crippen LogP contribution in [0.4, 0.5) is 5.69 Å². The fourth-order valence-electron chi connectivity index (χ4n) is 0.802. The molecule has 0 saturated heterocycles. The molecule has 0 aromatic heterocycles. The summed E-state index contributed by atoms with van der Waals surface area (Å²) in [6, 6.07) is 7.23. The molecule has 5 nitrogen and oxygen atoms in total. The van der Waals surface area contributed by atoms with Crippen molar-refractivity contribution >= 4 is 17.9 Å². The Hall–Kier alpha value is -2.04. The molecular formula is C8H11N5. The fourth-order valence-corrected chi connectivity index (χ4v) is 0.802. The molecule has 0 saturated carbocycles. The minimum atomic E-state index is -0.0693. The first-order valence-corrected chi connectivity index (χ1v) is 3.66. The molecule has 68 valence electrons. The van der Waals surface area contributed by atoms with Gasteiger partial charge in [-0.15, -0.1) is 5.10 Å². The molecule has 13 heavy (non-hydrogen) atoms. The summed E-state index contributed by atoms with van der Waals surface area (Å²) in [4.78, 5) is 0. The number of rotatable bonds is 2. The average Bonchev–Trinajstić information content (AvgIpc) is 2.03. The Morgan fingerprint density at radius 3 is 2.69 bits per heavy atom. The average molecular weight is 177 g/mol. The quantitative estimate of drug-likeness (QED) is 0.254. The first kappa shape index (κ1) is 9.05. The predicted molar refractivity (Wildman–Crippen MR) is 54.3 cm³/mol. The van der Waals surface area contributed by atoms with E-state index in [2.05, 4.69) is 10.2 Å². The van der Waals surface area contributed by atoms with Crippen molar-refractivity contribution in [1.29, 1.82) is 0 Å². The van der Waals surface area contributed by atoms with E-state index in [0.717, 1.165) is 5.56 Å². The molecule has 0 amide bonds. The maximum atomic E-state index is 5.54. The van der Waals surface area contributed by atoms with Gasteiger partial charge in [-0.3, -0.25) is 0 Å². The number of benzene rings is 1. The van der Waals surface area contributed by atoms with E-state index in [1.54, 1.807) is 12.1 Å². The lowest BCUT2D eigenvalue weighted by Crippen LogP contribution is -2.21. The minimum absolute atomic E-state index is 0.0693. The number of nitrogen functional groups attached to an aromatic ring is 1. The van der Waals surface area contributed by atoms with E-state index in [9.17, 15) is 0 Å². The Morgan fingerprint density at radius 2 is 2.08 bits per heavy atom. The number of guanidine groups is 1. The van der Waals surface area contributed by atoms with E-state index in [1.165, 1.54) is 6.21 Å². The number of anilines is 1. The second kappa shape index (κ2) is 4.10. The molecule has 0 radical (unpaired) electrons. The van der Waals surface area contributed by atoms with E-state index in [-0.39, 0.29) is 5.96 Å². The summed E-state index contributed by atoms with van der Waals surface area (Å²) in [5.74, 6) is -0.0693. The molecule has 0 aliphatic carbocycles. The summed E-state index contributed by atoms with van der Waals surface area (Å²) in [5.41, 5.74) is 17.2. The van der Waals surface area contributed by atoms with Crippen molar-refractivity contribution in [1.82, 2.24) is 0 Å². The van der Waals surface area contributed by atoms with Crippen LogP contribution < -0.4 is 17.2 Å². The van der Waals surface area contributed by atoms with Crippen molar-refractivity contribution in [3.8, 4) is 0 Å². The Morgan fingerprint density at radius 1 is 1.31 bits per heavy atom. The molecule has 0 aliphatic rings.